The van der Waals surface area contributed by atoms with Gasteiger partial charge in [0, 0.05) is 18.8 Å². The summed E-state index contributed by atoms with van der Waals surface area (Å²) >= 11 is 3.45. The van der Waals surface area contributed by atoms with Gasteiger partial charge in [0.1, 0.15) is 23.7 Å². The van der Waals surface area contributed by atoms with Gasteiger partial charge in [-0.2, -0.15) is 5.26 Å². The number of benzene rings is 1. The van der Waals surface area contributed by atoms with Gasteiger partial charge in [0.05, 0.1) is 11.6 Å². The molecule has 2 rings (SSSR count). The molecule has 0 aliphatic rings. The summed E-state index contributed by atoms with van der Waals surface area (Å²) in [4.78, 5) is 10.0. The smallest absolute Gasteiger partial charge is 0.182 e. The minimum atomic E-state index is 0.455. The van der Waals surface area contributed by atoms with Gasteiger partial charge in [-0.05, 0) is 34.1 Å². The third-order valence-corrected chi connectivity index (χ3v) is 3.32. The highest BCUT2D eigenvalue weighted by molar-refractivity contribution is 9.10. The third kappa shape index (κ3) is 2.97. The van der Waals surface area contributed by atoms with E-state index in [9.17, 15) is 0 Å². The second-order valence-corrected chi connectivity index (χ2v) is 4.73. The first-order valence-corrected chi connectivity index (χ1v) is 6.49. The fraction of sp³-hybridized carbons (Fsp3) is 0.154. The zero-order valence-corrected chi connectivity index (χ0v) is 12.5. The van der Waals surface area contributed by atoms with Crippen LogP contribution in [0.2, 0.25) is 0 Å². The van der Waals surface area contributed by atoms with Gasteiger partial charge in [-0.25, -0.2) is 9.97 Å². The van der Waals surface area contributed by atoms with E-state index in [2.05, 4.69) is 31.2 Å². The maximum absolute atomic E-state index is 8.61. The SMILES string of the molecule is COc1ccc(N(C)c2cc(NC#N)ncn2)cc1Br. The van der Waals surface area contributed by atoms with Crippen LogP contribution in [0.15, 0.2) is 35.1 Å². The van der Waals surface area contributed by atoms with Crippen molar-refractivity contribution >= 4 is 33.3 Å². The first kappa shape index (κ1) is 14.1. The van der Waals surface area contributed by atoms with Crippen molar-refractivity contribution in [1.29, 1.82) is 5.26 Å². The van der Waals surface area contributed by atoms with Crippen molar-refractivity contribution in [2.45, 2.75) is 0 Å². The molecule has 1 aromatic heterocycles. The Kier molecular flexibility index (Phi) is 4.38. The monoisotopic (exact) mass is 333 g/mol. The zero-order valence-electron chi connectivity index (χ0n) is 11.0. The molecule has 20 heavy (non-hydrogen) atoms. The first-order chi connectivity index (χ1) is 9.65. The van der Waals surface area contributed by atoms with Crippen LogP contribution in [0.4, 0.5) is 17.3 Å². The molecule has 0 atom stereocenters. The molecule has 0 saturated carbocycles. The Morgan fingerprint density at radius 2 is 2.15 bits per heavy atom. The maximum atomic E-state index is 8.61. The fourth-order valence-corrected chi connectivity index (χ4v) is 2.18. The van der Waals surface area contributed by atoms with E-state index in [1.165, 1.54) is 6.33 Å². The van der Waals surface area contributed by atoms with Gasteiger partial charge < -0.3 is 9.64 Å². The zero-order chi connectivity index (χ0) is 14.5. The van der Waals surface area contributed by atoms with Crippen LogP contribution in [0, 0.1) is 11.5 Å². The second-order valence-electron chi connectivity index (χ2n) is 3.88. The number of methoxy groups -OCH3 is 1. The van der Waals surface area contributed by atoms with E-state index in [0.29, 0.717) is 11.6 Å². The quantitative estimate of drug-likeness (QED) is 0.685. The summed E-state index contributed by atoms with van der Waals surface area (Å²) in [6.07, 6.45) is 3.24. The van der Waals surface area contributed by atoms with Crippen molar-refractivity contribution < 1.29 is 4.74 Å². The molecule has 6 nitrogen and oxygen atoms in total. The van der Waals surface area contributed by atoms with Gasteiger partial charge in [-0.3, -0.25) is 5.32 Å². The van der Waals surface area contributed by atoms with E-state index < -0.39 is 0 Å². The van der Waals surface area contributed by atoms with Gasteiger partial charge >= 0.3 is 0 Å². The number of ether oxygens (including phenoxy) is 1. The number of halogens is 1. The van der Waals surface area contributed by atoms with E-state index in [1.807, 2.05) is 36.3 Å². The van der Waals surface area contributed by atoms with E-state index in [-0.39, 0.29) is 0 Å². The molecule has 0 saturated heterocycles. The summed E-state index contributed by atoms with van der Waals surface area (Å²) in [7, 11) is 3.50. The van der Waals surface area contributed by atoms with Gasteiger partial charge in [0.15, 0.2) is 6.19 Å². The van der Waals surface area contributed by atoms with Crippen LogP contribution in [0.5, 0.6) is 5.75 Å². The van der Waals surface area contributed by atoms with Crippen LogP contribution in [0.1, 0.15) is 0 Å². The summed E-state index contributed by atoms with van der Waals surface area (Å²) in [6.45, 7) is 0. The number of anilines is 3. The highest BCUT2D eigenvalue weighted by Crippen LogP contribution is 2.31. The van der Waals surface area contributed by atoms with E-state index in [4.69, 9.17) is 10.00 Å². The van der Waals surface area contributed by atoms with Crippen molar-refractivity contribution in [2.24, 2.45) is 0 Å². The Balaban J connectivity index is 2.31. The van der Waals surface area contributed by atoms with Crippen molar-refractivity contribution in [2.75, 3.05) is 24.4 Å². The van der Waals surface area contributed by atoms with Crippen LogP contribution in [0.25, 0.3) is 0 Å². The Morgan fingerprint density at radius 3 is 2.80 bits per heavy atom. The molecule has 0 aliphatic carbocycles. The van der Waals surface area contributed by atoms with E-state index >= 15 is 0 Å². The molecule has 0 radical (unpaired) electrons. The molecule has 1 heterocycles. The van der Waals surface area contributed by atoms with Crippen LogP contribution < -0.4 is 15.0 Å². The average molecular weight is 334 g/mol. The molecule has 0 fully saturated rings. The van der Waals surface area contributed by atoms with Gasteiger partial charge in [-0.1, -0.05) is 0 Å². The number of rotatable bonds is 4. The van der Waals surface area contributed by atoms with Crippen LogP contribution in [0.3, 0.4) is 0 Å². The third-order valence-electron chi connectivity index (χ3n) is 2.70. The Labute approximate surface area is 125 Å². The number of nitrogens with zero attached hydrogens (tertiary/aromatic N) is 4. The van der Waals surface area contributed by atoms with Gasteiger partial charge in [0.2, 0.25) is 0 Å². The molecule has 102 valence electrons. The molecule has 0 amide bonds. The van der Waals surface area contributed by atoms with Gasteiger partial charge in [-0.15, -0.1) is 0 Å². The van der Waals surface area contributed by atoms with Crippen LogP contribution in [-0.2, 0) is 0 Å². The van der Waals surface area contributed by atoms with Crippen molar-refractivity contribution in [3.05, 3.63) is 35.1 Å². The summed E-state index contributed by atoms with van der Waals surface area (Å²) < 4.78 is 6.05. The molecule has 2 aromatic rings. The first-order valence-electron chi connectivity index (χ1n) is 5.70. The van der Waals surface area contributed by atoms with Crippen molar-refractivity contribution in [3.63, 3.8) is 0 Å². The predicted molar refractivity (Wildman–Crippen MR) is 80.0 cm³/mol. The molecule has 0 aliphatic heterocycles. The van der Waals surface area contributed by atoms with Crippen LogP contribution >= 0.6 is 15.9 Å². The number of hydrogen-bond donors (Lipinski definition) is 1. The van der Waals surface area contributed by atoms with E-state index in [1.54, 1.807) is 13.2 Å². The number of nitrogens with one attached hydrogen (secondary N) is 1. The number of hydrogen-bond acceptors (Lipinski definition) is 6. The lowest BCUT2D eigenvalue weighted by Crippen LogP contribution is -2.12. The lowest BCUT2D eigenvalue weighted by molar-refractivity contribution is 0.412. The molecule has 1 aromatic carbocycles. The normalized spacial score (nSPS) is 9.70. The van der Waals surface area contributed by atoms with Crippen molar-refractivity contribution in [1.82, 2.24) is 9.97 Å². The molecule has 0 spiro atoms. The van der Waals surface area contributed by atoms with Crippen LogP contribution in [-0.4, -0.2) is 24.1 Å². The maximum Gasteiger partial charge on any atom is 0.182 e. The van der Waals surface area contributed by atoms with E-state index in [0.717, 1.165) is 15.9 Å². The highest BCUT2D eigenvalue weighted by Gasteiger charge is 2.09. The molecular formula is C13H12BrN5O. The van der Waals surface area contributed by atoms with Crippen molar-refractivity contribution in [3.8, 4) is 11.9 Å². The standard InChI is InChI=1S/C13H12BrN5O/c1-19(9-3-4-11(20-2)10(14)5-9)13-6-12(16-7-15)17-8-18-13/h3-6,8H,1-2H3,(H,16,17,18). The summed E-state index contributed by atoms with van der Waals surface area (Å²) in [5.74, 6) is 1.89. The molecule has 0 unspecified atom stereocenters. The summed E-state index contributed by atoms with van der Waals surface area (Å²) in [5.41, 5.74) is 0.930. The number of aromatic nitrogens is 2. The molecule has 1 N–H and O–H groups in total. The molecule has 7 heteroatoms. The summed E-state index contributed by atoms with van der Waals surface area (Å²) in [6, 6.07) is 7.41. The highest BCUT2D eigenvalue weighted by atomic mass is 79.9. The second kappa shape index (κ2) is 6.21. The molecule has 0 bridgehead atoms. The minimum Gasteiger partial charge on any atom is -0.496 e. The molecular weight excluding hydrogens is 322 g/mol. The lowest BCUT2D eigenvalue weighted by atomic mass is 10.3. The lowest BCUT2D eigenvalue weighted by Gasteiger charge is -2.19. The largest absolute Gasteiger partial charge is 0.496 e. The Morgan fingerprint density at radius 1 is 1.35 bits per heavy atom. The minimum absolute atomic E-state index is 0.455. The summed E-state index contributed by atoms with van der Waals surface area (Å²) in [5, 5.41) is 11.1. The topological polar surface area (TPSA) is 74.1 Å². The predicted octanol–water partition coefficient (Wildman–Crippen LogP) is 2.91. The Bertz CT molecular complexity index is 655. The fourth-order valence-electron chi connectivity index (χ4n) is 1.65. The Hall–Kier alpha value is -2.33. The van der Waals surface area contributed by atoms with Gasteiger partial charge in [0.25, 0.3) is 0 Å². The average Bonchev–Trinajstić information content (AvgIpc) is 2.47. The number of nitriles is 1.